The lowest BCUT2D eigenvalue weighted by molar-refractivity contribution is 0.183. The van der Waals surface area contributed by atoms with Crippen molar-refractivity contribution in [2.75, 3.05) is 6.54 Å². The van der Waals surface area contributed by atoms with E-state index in [0.29, 0.717) is 0 Å². The number of hydrogen-bond donors (Lipinski definition) is 1. The van der Waals surface area contributed by atoms with E-state index < -0.39 is 0 Å². The number of benzene rings is 1. The molecule has 0 heterocycles. The lowest BCUT2D eigenvalue weighted by Crippen LogP contribution is -2.37. The van der Waals surface area contributed by atoms with Gasteiger partial charge in [-0.25, -0.2) is 4.39 Å². The van der Waals surface area contributed by atoms with Gasteiger partial charge in [-0.2, -0.15) is 0 Å². The Balaban J connectivity index is 2.38. The summed E-state index contributed by atoms with van der Waals surface area (Å²) in [5.41, 5.74) is 1.05. The number of halogens is 2. The Morgan fingerprint density at radius 3 is 2.60 bits per heavy atom. The maximum absolute atomic E-state index is 14.3. The Morgan fingerprint density at radius 1 is 1.30 bits per heavy atom. The first-order valence-electron chi connectivity index (χ1n) is 7.81. The molecule has 0 saturated heterocycles. The van der Waals surface area contributed by atoms with Crippen molar-refractivity contribution in [2.24, 2.45) is 5.41 Å². The van der Waals surface area contributed by atoms with Gasteiger partial charge in [0.1, 0.15) is 5.82 Å². The molecule has 0 amide bonds. The molecule has 1 atom stereocenters. The molecule has 1 aromatic carbocycles. The van der Waals surface area contributed by atoms with Crippen LogP contribution in [0.4, 0.5) is 4.39 Å². The Labute approximate surface area is 130 Å². The van der Waals surface area contributed by atoms with Crippen LogP contribution >= 0.6 is 15.9 Å². The summed E-state index contributed by atoms with van der Waals surface area (Å²) < 4.78 is 15.3. The average molecular weight is 342 g/mol. The lowest BCUT2D eigenvalue weighted by Gasteiger charge is -2.38. The van der Waals surface area contributed by atoms with Crippen molar-refractivity contribution in [1.82, 2.24) is 5.32 Å². The van der Waals surface area contributed by atoms with Crippen molar-refractivity contribution in [3.05, 3.63) is 34.1 Å². The molecule has 1 N–H and O–H groups in total. The highest BCUT2D eigenvalue weighted by atomic mass is 79.9. The van der Waals surface area contributed by atoms with E-state index in [1.807, 2.05) is 6.07 Å². The molecule has 1 aromatic rings. The largest absolute Gasteiger partial charge is 0.309 e. The van der Waals surface area contributed by atoms with Gasteiger partial charge >= 0.3 is 0 Å². The predicted octanol–water partition coefficient (Wildman–Crippen LogP) is 5.60. The first kappa shape index (κ1) is 16.0. The highest BCUT2D eigenvalue weighted by Crippen LogP contribution is 2.50. The smallest absolute Gasteiger partial charge is 0.128 e. The quantitative estimate of drug-likeness (QED) is 0.710. The first-order chi connectivity index (χ1) is 9.63. The van der Waals surface area contributed by atoms with Crippen molar-refractivity contribution in [3.63, 3.8) is 0 Å². The second-order valence-corrected chi connectivity index (χ2v) is 6.89. The van der Waals surface area contributed by atoms with E-state index in [4.69, 9.17) is 0 Å². The van der Waals surface area contributed by atoms with Crippen LogP contribution in [-0.2, 0) is 0 Å². The van der Waals surface area contributed by atoms with Gasteiger partial charge in [0.2, 0.25) is 0 Å². The molecule has 1 fully saturated rings. The number of hydrogen-bond acceptors (Lipinski definition) is 1. The van der Waals surface area contributed by atoms with Gasteiger partial charge in [0.05, 0.1) is 0 Å². The zero-order chi connectivity index (χ0) is 14.6. The average Bonchev–Trinajstić information content (AvgIpc) is 2.93. The zero-order valence-corrected chi connectivity index (χ0v) is 14.1. The minimum absolute atomic E-state index is 0.0819. The molecule has 112 valence electrons. The monoisotopic (exact) mass is 341 g/mol. The molecular weight excluding hydrogens is 317 g/mol. The van der Waals surface area contributed by atoms with E-state index in [2.05, 4.69) is 35.1 Å². The van der Waals surface area contributed by atoms with Crippen LogP contribution in [0.2, 0.25) is 0 Å². The second kappa shape index (κ2) is 7.04. The maximum Gasteiger partial charge on any atom is 0.128 e. The normalized spacial score (nSPS) is 19.2. The van der Waals surface area contributed by atoms with Crippen LogP contribution in [-0.4, -0.2) is 6.54 Å². The van der Waals surface area contributed by atoms with Crippen LogP contribution in [0.3, 0.4) is 0 Å². The third-order valence-corrected chi connectivity index (χ3v) is 5.28. The van der Waals surface area contributed by atoms with E-state index in [1.165, 1.54) is 25.7 Å². The third kappa shape index (κ3) is 3.25. The fourth-order valence-electron chi connectivity index (χ4n) is 3.61. The Morgan fingerprint density at radius 2 is 2.00 bits per heavy atom. The Kier molecular flexibility index (Phi) is 5.62. The van der Waals surface area contributed by atoms with E-state index in [1.54, 1.807) is 12.1 Å². The second-order valence-electron chi connectivity index (χ2n) is 5.98. The summed E-state index contributed by atoms with van der Waals surface area (Å²) in [4.78, 5) is 0. The van der Waals surface area contributed by atoms with Gasteiger partial charge in [0.15, 0.2) is 0 Å². The molecule has 0 spiro atoms. The van der Waals surface area contributed by atoms with Crippen LogP contribution in [0, 0.1) is 11.2 Å². The van der Waals surface area contributed by atoms with E-state index in [-0.39, 0.29) is 17.3 Å². The Hall–Kier alpha value is -0.410. The minimum atomic E-state index is -0.0819. The van der Waals surface area contributed by atoms with Crippen LogP contribution in [0.15, 0.2) is 22.7 Å². The van der Waals surface area contributed by atoms with Gasteiger partial charge in [-0.1, -0.05) is 42.6 Å². The Bertz CT molecular complexity index is 441. The van der Waals surface area contributed by atoms with E-state index >= 15 is 0 Å². The lowest BCUT2D eigenvalue weighted by atomic mass is 9.73. The summed E-state index contributed by atoms with van der Waals surface area (Å²) in [6.07, 6.45) is 7.14. The topological polar surface area (TPSA) is 12.0 Å². The summed E-state index contributed by atoms with van der Waals surface area (Å²) in [6.45, 7) is 5.36. The molecule has 0 aliphatic heterocycles. The molecule has 1 nitrogen and oxygen atoms in total. The van der Waals surface area contributed by atoms with E-state index in [0.717, 1.165) is 29.4 Å². The van der Waals surface area contributed by atoms with Crippen LogP contribution in [0.25, 0.3) is 0 Å². The number of rotatable bonds is 6. The highest BCUT2D eigenvalue weighted by molar-refractivity contribution is 9.10. The molecule has 0 radical (unpaired) electrons. The van der Waals surface area contributed by atoms with Gasteiger partial charge in [-0.05, 0) is 55.8 Å². The zero-order valence-electron chi connectivity index (χ0n) is 12.5. The van der Waals surface area contributed by atoms with Gasteiger partial charge in [-0.15, -0.1) is 0 Å². The van der Waals surface area contributed by atoms with Gasteiger partial charge in [0.25, 0.3) is 0 Å². The van der Waals surface area contributed by atoms with Crippen LogP contribution in [0.5, 0.6) is 0 Å². The van der Waals surface area contributed by atoms with Crippen molar-refractivity contribution < 1.29 is 4.39 Å². The van der Waals surface area contributed by atoms with Crippen molar-refractivity contribution >= 4 is 15.9 Å². The molecule has 2 rings (SSSR count). The predicted molar refractivity (Wildman–Crippen MR) is 86.3 cm³/mol. The van der Waals surface area contributed by atoms with Crippen LogP contribution < -0.4 is 5.32 Å². The fraction of sp³-hybridized carbons (Fsp3) is 0.647. The van der Waals surface area contributed by atoms with Crippen molar-refractivity contribution in [1.29, 1.82) is 0 Å². The summed E-state index contributed by atoms with van der Waals surface area (Å²) in [5.74, 6) is -0.0819. The maximum atomic E-state index is 14.3. The van der Waals surface area contributed by atoms with E-state index in [9.17, 15) is 4.39 Å². The summed E-state index contributed by atoms with van der Waals surface area (Å²) >= 11 is 3.49. The summed E-state index contributed by atoms with van der Waals surface area (Å²) in [5, 5.41) is 3.63. The minimum Gasteiger partial charge on any atom is -0.309 e. The molecule has 1 aliphatic rings. The fourth-order valence-corrected chi connectivity index (χ4v) is 3.99. The number of nitrogens with one attached hydrogen (secondary N) is 1. The SMILES string of the molecule is CCCNC(c1cc(Br)ccc1F)C1(CC)CCCC1. The van der Waals surface area contributed by atoms with Gasteiger partial charge in [0, 0.05) is 16.1 Å². The molecule has 1 saturated carbocycles. The van der Waals surface area contributed by atoms with Crippen molar-refractivity contribution in [3.8, 4) is 0 Å². The van der Waals surface area contributed by atoms with Gasteiger partial charge < -0.3 is 5.32 Å². The molecule has 0 bridgehead atoms. The first-order valence-corrected chi connectivity index (χ1v) is 8.60. The molecule has 1 unspecified atom stereocenters. The molecule has 20 heavy (non-hydrogen) atoms. The molecule has 3 heteroatoms. The summed E-state index contributed by atoms with van der Waals surface area (Å²) in [7, 11) is 0. The van der Waals surface area contributed by atoms with Crippen LogP contribution in [0.1, 0.15) is 64.0 Å². The third-order valence-electron chi connectivity index (χ3n) is 4.78. The molecule has 1 aliphatic carbocycles. The van der Waals surface area contributed by atoms with Crippen molar-refractivity contribution in [2.45, 2.75) is 58.4 Å². The summed E-state index contributed by atoms with van der Waals surface area (Å²) in [6, 6.07) is 5.45. The standard InChI is InChI=1S/C17H25BrFN/c1-3-11-20-16(17(4-2)9-5-6-10-17)14-12-13(18)7-8-15(14)19/h7-8,12,16,20H,3-6,9-11H2,1-2H3. The molecule has 0 aromatic heterocycles. The molecular formula is C17H25BrFN. The highest BCUT2D eigenvalue weighted by Gasteiger charge is 2.41. The van der Waals surface area contributed by atoms with Gasteiger partial charge in [-0.3, -0.25) is 0 Å².